The van der Waals surface area contributed by atoms with E-state index in [1.807, 2.05) is 52.9 Å². The predicted molar refractivity (Wildman–Crippen MR) is 108 cm³/mol. The summed E-state index contributed by atoms with van der Waals surface area (Å²) in [4.78, 5) is 14.6. The number of nitro groups is 1. The third-order valence-corrected chi connectivity index (χ3v) is 5.03. The molecular weight excluding hydrogens is 359 g/mol. The largest absolute Gasteiger partial charge is 0.498 e. The van der Waals surface area contributed by atoms with Gasteiger partial charge in [0.05, 0.1) is 11.2 Å². The van der Waals surface area contributed by atoms with Gasteiger partial charge in [-0.15, -0.1) is 0 Å². The molecule has 28 heavy (non-hydrogen) atoms. The molecule has 8 nitrogen and oxygen atoms in total. The fraction of sp³-hybridized carbons (Fsp3) is 0.579. The van der Waals surface area contributed by atoms with Gasteiger partial charge in [-0.3, -0.25) is 19.8 Å². The van der Waals surface area contributed by atoms with Crippen LogP contribution in [0.4, 0.5) is 0 Å². The summed E-state index contributed by atoms with van der Waals surface area (Å²) in [5.41, 5.74) is 0.0780. The van der Waals surface area contributed by atoms with E-state index in [0.29, 0.717) is 0 Å². The molecular formula is C19H29BN4O4. The van der Waals surface area contributed by atoms with Crippen LogP contribution in [0.1, 0.15) is 47.1 Å². The van der Waals surface area contributed by atoms with Crippen LogP contribution in [-0.2, 0) is 15.9 Å². The van der Waals surface area contributed by atoms with Gasteiger partial charge in [-0.2, -0.15) is 5.10 Å². The predicted octanol–water partition coefficient (Wildman–Crippen LogP) is 2.63. The van der Waals surface area contributed by atoms with Crippen LogP contribution in [0.2, 0.25) is 0 Å². The normalized spacial score (nSPS) is 17.8. The van der Waals surface area contributed by atoms with Crippen LogP contribution in [0.3, 0.4) is 0 Å². The smallest absolute Gasteiger partial charge is 0.399 e. The lowest BCUT2D eigenvalue weighted by molar-refractivity contribution is -0.563. The molecule has 1 aliphatic rings. The van der Waals surface area contributed by atoms with Gasteiger partial charge in [0, 0.05) is 49.0 Å². The van der Waals surface area contributed by atoms with E-state index in [9.17, 15) is 10.1 Å². The summed E-state index contributed by atoms with van der Waals surface area (Å²) in [6.07, 6.45) is 6.98. The van der Waals surface area contributed by atoms with E-state index in [0.717, 1.165) is 5.46 Å². The molecule has 0 spiro atoms. The first-order chi connectivity index (χ1) is 12.8. The molecule has 1 saturated heterocycles. The Labute approximate surface area is 166 Å². The minimum absolute atomic E-state index is 0.194. The van der Waals surface area contributed by atoms with Crippen molar-refractivity contribution < 1.29 is 14.2 Å². The second kappa shape index (κ2) is 8.01. The Bertz CT molecular complexity index is 789. The maximum absolute atomic E-state index is 11.0. The Hall–Kier alpha value is -2.26. The lowest BCUT2D eigenvalue weighted by Gasteiger charge is -2.32. The van der Waals surface area contributed by atoms with Gasteiger partial charge in [0.1, 0.15) is 6.54 Å². The molecule has 0 aliphatic carbocycles. The Morgan fingerprint density at radius 3 is 2.25 bits per heavy atom. The third kappa shape index (κ3) is 5.17. The van der Waals surface area contributed by atoms with Crippen LogP contribution < -0.4 is 5.46 Å². The van der Waals surface area contributed by atoms with Gasteiger partial charge in [0.25, 0.3) is 0 Å². The maximum atomic E-state index is 11.0. The number of pyridine rings is 1. The van der Waals surface area contributed by atoms with E-state index >= 15 is 0 Å². The molecule has 0 aromatic carbocycles. The van der Waals surface area contributed by atoms with Crippen molar-refractivity contribution in [1.29, 1.82) is 0 Å². The molecule has 1 fully saturated rings. The lowest BCUT2D eigenvalue weighted by Crippen LogP contribution is -2.41. The first kappa shape index (κ1) is 22.0. The van der Waals surface area contributed by atoms with Crippen molar-refractivity contribution >= 4 is 12.6 Å². The van der Waals surface area contributed by atoms with E-state index in [-0.39, 0.29) is 11.5 Å². The lowest BCUT2D eigenvalue weighted by atomic mass is 9.82. The average molecular weight is 388 g/mol. The van der Waals surface area contributed by atoms with E-state index in [2.05, 4.69) is 10.1 Å². The molecule has 0 atom stereocenters. The van der Waals surface area contributed by atoms with Crippen LogP contribution in [-0.4, -0.2) is 43.5 Å². The van der Waals surface area contributed by atoms with Gasteiger partial charge in [-0.05, 0) is 46.2 Å². The summed E-state index contributed by atoms with van der Waals surface area (Å²) in [6.45, 7) is 13.3. The summed E-state index contributed by atoms with van der Waals surface area (Å²) in [5, 5.41) is 15.1. The van der Waals surface area contributed by atoms with Gasteiger partial charge < -0.3 is 9.31 Å². The minimum Gasteiger partial charge on any atom is -0.399 e. The standard InChI is InChI=1S/C13H22BN3O4.C6H7N/c1-11(2,17(18)19)9-16-8-10(7-15-16)14-20-12(3,4)13(5,6)21-14;1-6-3-2-4-7-5-6/h7-8H,9H2,1-6H3;2-5H,1H3. The second-order valence-corrected chi connectivity index (χ2v) is 8.66. The highest BCUT2D eigenvalue weighted by molar-refractivity contribution is 6.61. The first-order valence-electron chi connectivity index (χ1n) is 9.23. The number of aryl methyl sites for hydroxylation is 1. The molecule has 0 radical (unpaired) electrons. The minimum atomic E-state index is -1.07. The number of hydrogen-bond donors (Lipinski definition) is 0. The third-order valence-electron chi connectivity index (χ3n) is 5.03. The molecule has 1 aliphatic heterocycles. The fourth-order valence-electron chi connectivity index (χ4n) is 2.47. The van der Waals surface area contributed by atoms with Crippen molar-refractivity contribution in [2.45, 2.75) is 71.8 Å². The Morgan fingerprint density at radius 1 is 1.21 bits per heavy atom. The summed E-state index contributed by atoms with van der Waals surface area (Å²) < 4.78 is 13.4. The quantitative estimate of drug-likeness (QED) is 0.454. The molecule has 0 saturated carbocycles. The van der Waals surface area contributed by atoms with Crippen LogP contribution in [0.15, 0.2) is 36.9 Å². The highest BCUT2D eigenvalue weighted by Crippen LogP contribution is 2.36. The van der Waals surface area contributed by atoms with Gasteiger partial charge in [0.15, 0.2) is 0 Å². The summed E-state index contributed by atoms with van der Waals surface area (Å²) >= 11 is 0. The Morgan fingerprint density at radius 2 is 1.82 bits per heavy atom. The first-order valence-corrected chi connectivity index (χ1v) is 9.23. The molecule has 2 aromatic heterocycles. The van der Waals surface area contributed by atoms with Gasteiger partial charge in [0.2, 0.25) is 5.54 Å². The van der Waals surface area contributed by atoms with Gasteiger partial charge >= 0.3 is 7.12 Å². The second-order valence-electron chi connectivity index (χ2n) is 8.66. The number of nitrogens with zero attached hydrogens (tertiary/aromatic N) is 4. The number of rotatable bonds is 4. The molecule has 0 bridgehead atoms. The SMILES string of the molecule is CC(C)(Cn1cc(B2OC(C)(C)C(C)(C)O2)cn1)[N+](=O)[O-].Cc1cccnc1. The number of hydrogen-bond acceptors (Lipinski definition) is 6. The maximum Gasteiger partial charge on any atom is 0.498 e. The van der Waals surface area contributed by atoms with Crippen LogP contribution >= 0.6 is 0 Å². The highest BCUT2D eigenvalue weighted by Gasteiger charge is 2.52. The van der Waals surface area contributed by atoms with Crippen molar-refractivity contribution in [2.75, 3.05) is 0 Å². The van der Waals surface area contributed by atoms with Crippen molar-refractivity contribution in [2.24, 2.45) is 0 Å². The molecule has 3 heterocycles. The summed E-state index contributed by atoms with van der Waals surface area (Å²) in [7, 11) is -0.498. The molecule has 0 unspecified atom stereocenters. The molecule has 152 valence electrons. The van der Waals surface area contributed by atoms with Crippen LogP contribution in [0.25, 0.3) is 0 Å². The molecule has 3 rings (SSSR count). The van der Waals surface area contributed by atoms with Crippen molar-refractivity contribution in [3.63, 3.8) is 0 Å². The van der Waals surface area contributed by atoms with Crippen molar-refractivity contribution in [3.8, 4) is 0 Å². The Kier molecular flexibility index (Phi) is 6.30. The van der Waals surface area contributed by atoms with E-state index in [1.54, 1.807) is 37.1 Å². The van der Waals surface area contributed by atoms with Crippen molar-refractivity contribution in [1.82, 2.24) is 14.8 Å². The average Bonchev–Trinajstić information content (AvgIpc) is 3.10. The fourth-order valence-corrected chi connectivity index (χ4v) is 2.47. The molecule has 2 aromatic rings. The zero-order valence-electron chi connectivity index (χ0n) is 17.7. The summed E-state index contributed by atoms with van der Waals surface area (Å²) in [6, 6.07) is 3.95. The molecule has 0 amide bonds. The van der Waals surface area contributed by atoms with Gasteiger partial charge in [-0.25, -0.2) is 0 Å². The highest BCUT2D eigenvalue weighted by atomic mass is 16.7. The van der Waals surface area contributed by atoms with Crippen molar-refractivity contribution in [3.05, 3.63) is 52.6 Å². The number of aromatic nitrogens is 3. The van der Waals surface area contributed by atoms with Crippen LogP contribution in [0.5, 0.6) is 0 Å². The molecule has 0 N–H and O–H groups in total. The summed E-state index contributed by atoms with van der Waals surface area (Å²) in [5.74, 6) is 0. The van der Waals surface area contributed by atoms with Crippen LogP contribution in [0, 0.1) is 17.0 Å². The molecule has 9 heteroatoms. The Balaban J connectivity index is 0.000000336. The monoisotopic (exact) mass is 388 g/mol. The topological polar surface area (TPSA) is 92.3 Å². The van der Waals surface area contributed by atoms with E-state index < -0.39 is 23.9 Å². The zero-order valence-corrected chi connectivity index (χ0v) is 17.7. The van der Waals surface area contributed by atoms with E-state index in [4.69, 9.17) is 9.31 Å². The van der Waals surface area contributed by atoms with E-state index in [1.165, 1.54) is 5.56 Å². The zero-order chi connectivity index (χ0) is 21.2. The van der Waals surface area contributed by atoms with Gasteiger partial charge in [-0.1, -0.05) is 6.07 Å².